The van der Waals surface area contributed by atoms with E-state index in [1.54, 1.807) is 0 Å². The zero-order valence-corrected chi connectivity index (χ0v) is 22.3. The van der Waals surface area contributed by atoms with Crippen LogP contribution in [0.3, 0.4) is 0 Å². The molecule has 0 bridgehead atoms. The molecule has 37 heavy (non-hydrogen) atoms. The number of hydrogen-bond donors (Lipinski definition) is 1. The first-order valence-corrected chi connectivity index (χ1v) is 14.2. The summed E-state index contributed by atoms with van der Waals surface area (Å²) >= 11 is 0. The molecule has 0 spiro atoms. The topological polar surface area (TPSA) is 15.3 Å². The van der Waals surface area contributed by atoms with Crippen LogP contribution in [0.5, 0.6) is 0 Å². The van der Waals surface area contributed by atoms with Crippen molar-refractivity contribution in [2.45, 2.75) is 11.7 Å². The number of nitrogens with one attached hydrogen (secondary N) is 1. The maximum atomic E-state index is 3.98. The smallest absolute Gasteiger partial charge is 0.0628 e. The van der Waals surface area contributed by atoms with Crippen LogP contribution in [0, 0.1) is 0 Å². The highest BCUT2D eigenvalue weighted by Gasteiger charge is 2.35. The van der Waals surface area contributed by atoms with E-state index in [9.17, 15) is 0 Å². The molecule has 5 rings (SSSR count). The van der Waals surface area contributed by atoms with Crippen LogP contribution in [-0.4, -0.2) is 14.1 Å². The average Bonchev–Trinajstić information content (AvgIpc) is 2.97. The molecule has 2 atom stereocenters. The summed E-state index contributed by atoms with van der Waals surface area (Å²) in [5, 5.41) is 6.72. The molecular weight excluding hydrogens is 467 g/mol. The molecule has 3 heteroatoms. The Morgan fingerprint density at radius 1 is 0.541 bits per heavy atom. The van der Waals surface area contributed by atoms with E-state index in [2.05, 4.69) is 170 Å². The molecule has 0 saturated carbocycles. The first-order chi connectivity index (χ1) is 18.2. The van der Waals surface area contributed by atoms with Gasteiger partial charge in [-0.25, -0.2) is 0 Å². The second-order valence-corrected chi connectivity index (χ2v) is 11.7. The Morgan fingerprint density at radius 3 is 1.54 bits per heavy atom. The molecule has 0 aliphatic rings. The summed E-state index contributed by atoms with van der Waals surface area (Å²) in [5.74, 6) is 0. The quantitative estimate of drug-likeness (QED) is 0.208. The lowest BCUT2D eigenvalue weighted by Crippen LogP contribution is -2.27. The summed E-state index contributed by atoms with van der Waals surface area (Å²) in [7, 11) is 3.51. The van der Waals surface area contributed by atoms with E-state index in [4.69, 9.17) is 0 Å². The number of anilines is 2. The molecule has 0 radical (unpaired) electrons. The van der Waals surface area contributed by atoms with E-state index < -0.39 is 7.92 Å². The monoisotopic (exact) mass is 500 g/mol. The lowest BCUT2D eigenvalue weighted by atomic mass is 9.96. The van der Waals surface area contributed by atoms with Gasteiger partial charge in [-0.15, -0.1) is 0 Å². The van der Waals surface area contributed by atoms with E-state index in [0.717, 1.165) is 5.69 Å². The van der Waals surface area contributed by atoms with Gasteiger partial charge in [0, 0.05) is 31.1 Å². The van der Waals surface area contributed by atoms with Gasteiger partial charge in [0.1, 0.15) is 0 Å². The maximum Gasteiger partial charge on any atom is 0.0628 e. The Labute approximate surface area is 222 Å². The predicted molar refractivity (Wildman–Crippen MR) is 162 cm³/mol. The fourth-order valence-electron chi connectivity index (χ4n) is 4.98. The van der Waals surface area contributed by atoms with E-state index in [1.165, 1.54) is 27.4 Å². The van der Waals surface area contributed by atoms with E-state index in [0.29, 0.717) is 0 Å². The van der Waals surface area contributed by atoms with Crippen molar-refractivity contribution in [2.24, 2.45) is 0 Å². The molecule has 0 saturated heterocycles. The SMILES string of the molecule is CN(C)c1ccccc1[C@@H]([C@@H](Nc1ccccc1)c1ccccc1)P(c1ccccc1)c1ccccc1. The highest BCUT2D eigenvalue weighted by Crippen LogP contribution is 2.58. The van der Waals surface area contributed by atoms with Crippen LogP contribution < -0.4 is 20.8 Å². The number of para-hydroxylation sites is 2. The Balaban J connectivity index is 1.79. The Kier molecular flexibility index (Phi) is 7.99. The standard InChI is InChI=1S/C34H33N2P/c1-36(2)32-26-16-15-25-31(32)34(37(29-21-11-5-12-22-29)30-23-13-6-14-24-30)33(27-17-7-3-8-18-27)35-28-19-9-4-10-20-28/h3-26,33-35H,1-2H3/t33-,34-/m0/s1. The van der Waals surface area contributed by atoms with Gasteiger partial charge in [0.05, 0.1) is 6.04 Å². The third-order valence-electron chi connectivity index (χ3n) is 6.65. The summed E-state index contributed by atoms with van der Waals surface area (Å²) in [6, 6.07) is 52.6. The average molecular weight is 501 g/mol. The normalized spacial score (nSPS) is 12.6. The van der Waals surface area contributed by atoms with Crippen molar-refractivity contribution < 1.29 is 0 Å². The molecule has 5 aromatic carbocycles. The zero-order valence-electron chi connectivity index (χ0n) is 21.4. The number of hydrogen-bond acceptors (Lipinski definition) is 2. The van der Waals surface area contributed by atoms with Gasteiger partial charge >= 0.3 is 0 Å². The van der Waals surface area contributed by atoms with Gasteiger partial charge < -0.3 is 10.2 Å². The fourth-order valence-corrected chi connectivity index (χ4v) is 7.95. The van der Waals surface area contributed by atoms with Gasteiger partial charge in [-0.1, -0.05) is 127 Å². The second-order valence-electron chi connectivity index (χ2n) is 9.34. The van der Waals surface area contributed by atoms with Crippen LogP contribution in [0.1, 0.15) is 22.8 Å². The van der Waals surface area contributed by atoms with Gasteiger partial charge in [0.15, 0.2) is 0 Å². The van der Waals surface area contributed by atoms with Gasteiger partial charge in [0.2, 0.25) is 0 Å². The first kappa shape index (κ1) is 24.8. The molecule has 0 fully saturated rings. The van der Waals surface area contributed by atoms with Crippen LogP contribution in [0.2, 0.25) is 0 Å². The lowest BCUT2D eigenvalue weighted by molar-refractivity contribution is 0.749. The summed E-state index contributed by atoms with van der Waals surface area (Å²) < 4.78 is 0. The van der Waals surface area contributed by atoms with Crippen LogP contribution in [0.25, 0.3) is 0 Å². The Hall–Kier alpha value is -3.87. The van der Waals surface area contributed by atoms with Crippen molar-refractivity contribution >= 4 is 29.9 Å². The Morgan fingerprint density at radius 2 is 1.00 bits per heavy atom. The molecular formula is C34H33N2P. The van der Waals surface area contributed by atoms with Crippen molar-refractivity contribution in [3.05, 3.63) is 157 Å². The minimum Gasteiger partial charge on any atom is -0.377 e. The van der Waals surface area contributed by atoms with E-state index in [-0.39, 0.29) is 11.7 Å². The molecule has 0 unspecified atom stereocenters. The largest absolute Gasteiger partial charge is 0.377 e. The summed E-state index contributed by atoms with van der Waals surface area (Å²) in [5.41, 5.74) is 5.18. The lowest BCUT2D eigenvalue weighted by Gasteiger charge is -2.38. The van der Waals surface area contributed by atoms with E-state index >= 15 is 0 Å². The molecule has 0 aromatic heterocycles. The molecule has 0 amide bonds. The van der Waals surface area contributed by atoms with E-state index in [1.807, 2.05) is 0 Å². The molecule has 2 nitrogen and oxygen atoms in total. The van der Waals surface area contributed by atoms with Crippen molar-refractivity contribution in [3.63, 3.8) is 0 Å². The third kappa shape index (κ3) is 5.77. The summed E-state index contributed by atoms with van der Waals surface area (Å²) in [6.07, 6.45) is 0. The minimum absolute atomic E-state index is 0.0521. The Bertz CT molecular complexity index is 1330. The van der Waals surface area contributed by atoms with Gasteiger partial charge in [0.25, 0.3) is 0 Å². The molecule has 0 aliphatic carbocycles. The van der Waals surface area contributed by atoms with Crippen molar-refractivity contribution in [2.75, 3.05) is 24.3 Å². The van der Waals surface area contributed by atoms with Crippen LogP contribution in [-0.2, 0) is 0 Å². The minimum atomic E-state index is -0.780. The highest BCUT2D eigenvalue weighted by molar-refractivity contribution is 7.73. The van der Waals surface area contributed by atoms with Crippen LogP contribution >= 0.6 is 7.92 Å². The van der Waals surface area contributed by atoms with Crippen LogP contribution in [0.15, 0.2) is 146 Å². The number of rotatable bonds is 9. The maximum absolute atomic E-state index is 3.98. The zero-order chi connectivity index (χ0) is 25.5. The third-order valence-corrected chi connectivity index (χ3v) is 9.50. The summed E-state index contributed by atoms with van der Waals surface area (Å²) in [6.45, 7) is 0. The second kappa shape index (κ2) is 11.9. The van der Waals surface area contributed by atoms with Crippen molar-refractivity contribution in [3.8, 4) is 0 Å². The fraction of sp³-hybridized carbons (Fsp3) is 0.118. The van der Waals surface area contributed by atoms with Crippen LogP contribution in [0.4, 0.5) is 11.4 Å². The van der Waals surface area contributed by atoms with Gasteiger partial charge in [-0.3, -0.25) is 0 Å². The first-order valence-electron chi connectivity index (χ1n) is 12.7. The van der Waals surface area contributed by atoms with Gasteiger partial charge in [-0.05, 0) is 47.9 Å². The molecule has 5 aromatic rings. The molecule has 0 aliphatic heterocycles. The van der Waals surface area contributed by atoms with Gasteiger partial charge in [-0.2, -0.15) is 0 Å². The number of nitrogens with zero attached hydrogens (tertiary/aromatic N) is 1. The molecule has 0 heterocycles. The predicted octanol–water partition coefficient (Wildman–Crippen LogP) is 7.78. The summed E-state index contributed by atoms with van der Waals surface area (Å²) in [4.78, 5) is 2.25. The number of benzene rings is 5. The van der Waals surface area contributed by atoms with Crippen molar-refractivity contribution in [1.29, 1.82) is 0 Å². The molecule has 1 N–H and O–H groups in total. The molecule has 184 valence electrons. The highest BCUT2D eigenvalue weighted by atomic mass is 31.1. The van der Waals surface area contributed by atoms with Crippen molar-refractivity contribution in [1.82, 2.24) is 0 Å².